The van der Waals surface area contributed by atoms with E-state index in [0.29, 0.717) is 6.54 Å². The zero-order valence-corrected chi connectivity index (χ0v) is 8.67. The number of halogens is 1. The average Bonchev–Trinajstić information content (AvgIpc) is 2.18. The maximum Gasteiger partial charge on any atom is 0.313 e. The summed E-state index contributed by atoms with van der Waals surface area (Å²) >= 11 is 5.13. The SMILES string of the molecule is COc1cccc(CCNC(=O)Cl)c1. The molecule has 0 atom stereocenters. The highest BCUT2D eigenvalue weighted by Crippen LogP contribution is 2.12. The number of hydrogen-bond donors (Lipinski definition) is 1. The Morgan fingerprint density at radius 1 is 1.57 bits per heavy atom. The molecule has 0 fully saturated rings. The maximum absolute atomic E-state index is 10.4. The summed E-state index contributed by atoms with van der Waals surface area (Å²) in [5.41, 5.74) is 1.11. The normalized spacial score (nSPS) is 9.57. The van der Waals surface area contributed by atoms with E-state index in [-0.39, 0.29) is 0 Å². The van der Waals surface area contributed by atoms with Crippen LogP contribution < -0.4 is 10.1 Å². The fourth-order valence-corrected chi connectivity index (χ4v) is 1.23. The van der Waals surface area contributed by atoms with E-state index in [1.165, 1.54) is 0 Å². The Hall–Kier alpha value is -1.22. The van der Waals surface area contributed by atoms with E-state index in [4.69, 9.17) is 16.3 Å². The Morgan fingerprint density at radius 2 is 2.36 bits per heavy atom. The molecule has 0 bridgehead atoms. The summed E-state index contributed by atoms with van der Waals surface area (Å²) in [6.07, 6.45) is 0.746. The van der Waals surface area contributed by atoms with E-state index < -0.39 is 5.37 Å². The number of ether oxygens (including phenoxy) is 1. The van der Waals surface area contributed by atoms with Crippen LogP contribution in [0, 0.1) is 0 Å². The molecule has 3 nitrogen and oxygen atoms in total. The molecular weight excluding hydrogens is 202 g/mol. The van der Waals surface area contributed by atoms with Gasteiger partial charge in [0.2, 0.25) is 0 Å². The highest BCUT2D eigenvalue weighted by atomic mass is 35.5. The standard InChI is InChI=1S/C10H12ClNO2/c1-14-9-4-2-3-8(7-9)5-6-12-10(11)13/h2-4,7H,5-6H2,1H3,(H,12,13). The molecular formula is C10H12ClNO2. The zero-order chi connectivity index (χ0) is 10.4. The van der Waals surface area contributed by atoms with Gasteiger partial charge in [0.15, 0.2) is 0 Å². The molecule has 0 radical (unpaired) electrons. The van der Waals surface area contributed by atoms with Crippen molar-refractivity contribution in [3.05, 3.63) is 29.8 Å². The molecule has 1 N–H and O–H groups in total. The van der Waals surface area contributed by atoms with Crippen molar-refractivity contribution >= 4 is 17.0 Å². The molecule has 4 heteroatoms. The number of amides is 1. The molecule has 0 aliphatic carbocycles. The Labute approximate surface area is 88.0 Å². The fourth-order valence-electron chi connectivity index (χ4n) is 1.13. The van der Waals surface area contributed by atoms with Gasteiger partial charge in [-0.25, -0.2) is 0 Å². The van der Waals surface area contributed by atoms with E-state index in [1.54, 1.807) is 7.11 Å². The van der Waals surface area contributed by atoms with Crippen LogP contribution in [-0.4, -0.2) is 19.0 Å². The molecule has 14 heavy (non-hydrogen) atoms. The van der Waals surface area contributed by atoms with Gasteiger partial charge in [0.1, 0.15) is 5.75 Å². The van der Waals surface area contributed by atoms with Crippen molar-refractivity contribution in [1.82, 2.24) is 5.32 Å². The monoisotopic (exact) mass is 213 g/mol. The van der Waals surface area contributed by atoms with Crippen molar-refractivity contribution in [3.8, 4) is 5.75 Å². The van der Waals surface area contributed by atoms with Gasteiger partial charge in [-0.1, -0.05) is 12.1 Å². The van der Waals surface area contributed by atoms with Gasteiger partial charge < -0.3 is 10.1 Å². The summed E-state index contributed by atoms with van der Waals surface area (Å²) < 4.78 is 5.07. The lowest BCUT2D eigenvalue weighted by molar-refractivity contribution is 0.260. The highest BCUT2D eigenvalue weighted by Gasteiger charge is 1.97. The number of carbonyl (C=O) groups is 1. The second-order valence-corrected chi connectivity index (χ2v) is 3.15. The molecule has 0 heterocycles. The van der Waals surface area contributed by atoms with Gasteiger partial charge in [0.25, 0.3) is 0 Å². The number of nitrogens with one attached hydrogen (secondary N) is 1. The lowest BCUT2D eigenvalue weighted by Gasteiger charge is -2.04. The van der Waals surface area contributed by atoms with E-state index in [9.17, 15) is 4.79 Å². The Morgan fingerprint density at radius 3 is 3.00 bits per heavy atom. The summed E-state index contributed by atoms with van der Waals surface area (Å²) in [6.45, 7) is 0.537. The van der Waals surface area contributed by atoms with Crippen LogP contribution in [-0.2, 0) is 6.42 Å². The predicted molar refractivity (Wildman–Crippen MR) is 55.9 cm³/mol. The zero-order valence-electron chi connectivity index (χ0n) is 7.92. The largest absolute Gasteiger partial charge is 0.497 e. The van der Waals surface area contributed by atoms with Crippen LogP contribution >= 0.6 is 11.6 Å². The minimum atomic E-state index is -0.520. The minimum absolute atomic E-state index is 0.520. The Kier molecular flexibility index (Phi) is 4.26. The lowest BCUT2D eigenvalue weighted by Crippen LogP contribution is -2.19. The molecule has 0 saturated heterocycles. The van der Waals surface area contributed by atoms with Crippen LogP contribution in [0.1, 0.15) is 5.56 Å². The number of methoxy groups -OCH3 is 1. The van der Waals surface area contributed by atoms with Crippen LogP contribution in [0.5, 0.6) is 5.75 Å². The van der Waals surface area contributed by atoms with Crippen molar-refractivity contribution in [2.75, 3.05) is 13.7 Å². The van der Waals surface area contributed by atoms with Crippen molar-refractivity contribution in [2.45, 2.75) is 6.42 Å². The topological polar surface area (TPSA) is 38.3 Å². The van der Waals surface area contributed by atoms with Gasteiger partial charge in [-0.3, -0.25) is 4.79 Å². The van der Waals surface area contributed by atoms with Gasteiger partial charge in [0.05, 0.1) is 7.11 Å². The maximum atomic E-state index is 10.4. The van der Waals surface area contributed by atoms with Crippen LogP contribution in [0.3, 0.4) is 0 Å². The van der Waals surface area contributed by atoms with Gasteiger partial charge in [0, 0.05) is 6.54 Å². The molecule has 1 aromatic carbocycles. The molecule has 0 aromatic heterocycles. The molecule has 0 aliphatic heterocycles. The summed E-state index contributed by atoms with van der Waals surface area (Å²) in [5, 5.41) is 2.00. The summed E-state index contributed by atoms with van der Waals surface area (Å²) in [4.78, 5) is 10.4. The van der Waals surface area contributed by atoms with Crippen molar-refractivity contribution < 1.29 is 9.53 Å². The number of hydrogen-bond acceptors (Lipinski definition) is 2. The second kappa shape index (κ2) is 5.50. The molecule has 76 valence electrons. The van der Waals surface area contributed by atoms with Crippen LogP contribution in [0.25, 0.3) is 0 Å². The van der Waals surface area contributed by atoms with Crippen LogP contribution in [0.15, 0.2) is 24.3 Å². The third kappa shape index (κ3) is 3.66. The third-order valence-electron chi connectivity index (χ3n) is 1.81. The number of carbonyl (C=O) groups excluding carboxylic acids is 1. The van der Waals surface area contributed by atoms with E-state index in [2.05, 4.69) is 5.32 Å². The summed E-state index contributed by atoms with van der Waals surface area (Å²) in [7, 11) is 1.62. The molecule has 1 rings (SSSR count). The number of rotatable bonds is 4. The van der Waals surface area contributed by atoms with Crippen molar-refractivity contribution in [2.24, 2.45) is 0 Å². The first kappa shape index (κ1) is 10.9. The predicted octanol–water partition coefficient (Wildman–Crippen LogP) is 2.19. The van der Waals surface area contributed by atoms with Crippen molar-refractivity contribution in [3.63, 3.8) is 0 Å². The Bertz CT molecular complexity index is 315. The minimum Gasteiger partial charge on any atom is -0.497 e. The quantitative estimate of drug-likeness (QED) is 0.615. The van der Waals surface area contributed by atoms with Gasteiger partial charge in [-0.15, -0.1) is 0 Å². The van der Waals surface area contributed by atoms with Crippen molar-refractivity contribution in [1.29, 1.82) is 0 Å². The fraction of sp³-hybridized carbons (Fsp3) is 0.300. The molecule has 0 unspecified atom stereocenters. The summed E-state index contributed by atoms with van der Waals surface area (Å²) in [5.74, 6) is 0.819. The van der Waals surface area contributed by atoms with Gasteiger partial charge >= 0.3 is 5.37 Å². The first-order chi connectivity index (χ1) is 6.72. The number of benzene rings is 1. The first-order valence-electron chi connectivity index (χ1n) is 4.28. The van der Waals surface area contributed by atoms with Crippen LogP contribution in [0.2, 0.25) is 0 Å². The molecule has 1 amide bonds. The summed E-state index contributed by atoms with van der Waals surface area (Å²) in [6, 6.07) is 7.70. The van der Waals surface area contributed by atoms with E-state index in [0.717, 1.165) is 17.7 Å². The third-order valence-corrected chi connectivity index (χ3v) is 1.95. The van der Waals surface area contributed by atoms with E-state index >= 15 is 0 Å². The first-order valence-corrected chi connectivity index (χ1v) is 4.66. The van der Waals surface area contributed by atoms with Gasteiger partial charge in [-0.05, 0) is 35.7 Å². The van der Waals surface area contributed by atoms with Gasteiger partial charge in [-0.2, -0.15) is 0 Å². The Balaban J connectivity index is 2.46. The molecule has 0 spiro atoms. The smallest absolute Gasteiger partial charge is 0.313 e. The second-order valence-electron chi connectivity index (χ2n) is 2.80. The highest BCUT2D eigenvalue weighted by molar-refractivity contribution is 6.62. The molecule has 1 aromatic rings. The van der Waals surface area contributed by atoms with E-state index in [1.807, 2.05) is 24.3 Å². The average molecular weight is 214 g/mol. The van der Waals surface area contributed by atoms with Crippen LogP contribution in [0.4, 0.5) is 4.79 Å². The molecule has 0 saturated carbocycles. The lowest BCUT2D eigenvalue weighted by atomic mass is 10.1. The molecule has 0 aliphatic rings.